The topological polar surface area (TPSA) is 99.6 Å². The van der Waals surface area contributed by atoms with E-state index in [1.54, 1.807) is 25.1 Å². The molecule has 2 N–H and O–H groups in total. The Morgan fingerprint density at radius 2 is 2.06 bits per heavy atom. The van der Waals surface area contributed by atoms with Gasteiger partial charge in [0.15, 0.2) is 0 Å². The van der Waals surface area contributed by atoms with Crippen LogP contribution in [0.5, 0.6) is 0 Å². The van der Waals surface area contributed by atoms with Crippen LogP contribution >= 0.6 is 0 Å². The molecule has 0 radical (unpaired) electrons. The average Bonchev–Trinajstić information content (AvgIpc) is 2.28. The number of anilines is 1. The lowest BCUT2D eigenvalue weighted by molar-refractivity contribution is -0.138. The van der Waals surface area contributed by atoms with Crippen LogP contribution < -0.4 is 9.62 Å². The summed E-state index contributed by atoms with van der Waals surface area (Å²) in [6, 6.07) is 1.72. The largest absolute Gasteiger partial charge is 0.480 e. The third-order valence-corrected chi connectivity index (χ3v) is 3.72. The lowest BCUT2D eigenvalue weighted by Gasteiger charge is -2.13. The zero-order chi connectivity index (χ0) is 13.9. The van der Waals surface area contributed by atoms with Crippen molar-refractivity contribution >= 4 is 21.8 Å². The van der Waals surface area contributed by atoms with Gasteiger partial charge in [-0.2, -0.15) is 4.72 Å². The molecule has 1 rings (SSSR count). The number of hydrogen-bond donors (Lipinski definition) is 2. The van der Waals surface area contributed by atoms with Gasteiger partial charge in [0, 0.05) is 20.3 Å². The van der Waals surface area contributed by atoms with Gasteiger partial charge >= 0.3 is 5.97 Å². The van der Waals surface area contributed by atoms with Crippen LogP contribution in [-0.2, 0) is 14.8 Å². The molecular weight excluding hydrogens is 258 g/mol. The molecule has 0 amide bonds. The van der Waals surface area contributed by atoms with E-state index in [4.69, 9.17) is 5.11 Å². The van der Waals surface area contributed by atoms with Crippen molar-refractivity contribution in [2.24, 2.45) is 0 Å². The van der Waals surface area contributed by atoms with Gasteiger partial charge in [0.25, 0.3) is 0 Å². The second-order valence-electron chi connectivity index (χ2n) is 3.93. The molecule has 1 aromatic rings. The summed E-state index contributed by atoms with van der Waals surface area (Å²) < 4.78 is 25.6. The SMILES string of the molecule is C[C@H](NS(=O)(=O)c1ccc(N(C)C)nc1)C(=O)O. The van der Waals surface area contributed by atoms with Crippen molar-refractivity contribution in [2.45, 2.75) is 17.9 Å². The number of nitrogens with one attached hydrogen (secondary N) is 1. The number of aliphatic carboxylic acids is 1. The molecule has 0 aromatic carbocycles. The van der Waals surface area contributed by atoms with E-state index in [-0.39, 0.29) is 4.90 Å². The summed E-state index contributed by atoms with van der Waals surface area (Å²) in [5.74, 6) is -0.628. The molecule has 0 aliphatic carbocycles. The second kappa shape index (κ2) is 5.32. The highest BCUT2D eigenvalue weighted by atomic mass is 32.2. The second-order valence-corrected chi connectivity index (χ2v) is 5.64. The number of nitrogens with zero attached hydrogens (tertiary/aromatic N) is 2. The molecule has 0 saturated carbocycles. The van der Waals surface area contributed by atoms with Crippen molar-refractivity contribution in [2.75, 3.05) is 19.0 Å². The standard InChI is InChI=1S/C10H15N3O4S/c1-7(10(14)15)12-18(16,17)8-4-5-9(11-6-8)13(2)3/h4-7,12H,1-3H3,(H,14,15)/t7-/m0/s1. The van der Waals surface area contributed by atoms with Crippen molar-refractivity contribution < 1.29 is 18.3 Å². The Bertz CT molecular complexity index is 525. The summed E-state index contributed by atoms with van der Waals surface area (Å²) in [4.78, 5) is 16.2. The number of carbonyl (C=O) groups is 1. The van der Waals surface area contributed by atoms with Crippen LogP contribution in [0, 0.1) is 0 Å². The Morgan fingerprint density at radius 3 is 2.44 bits per heavy atom. The maximum Gasteiger partial charge on any atom is 0.321 e. The van der Waals surface area contributed by atoms with E-state index < -0.39 is 22.0 Å². The Balaban J connectivity index is 2.95. The Kier molecular flexibility index (Phi) is 4.25. The maximum atomic E-state index is 11.8. The minimum absolute atomic E-state index is 0.0683. The van der Waals surface area contributed by atoms with E-state index >= 15 is 0 Å². The van der Waals surface area contributed by atoms with Gasteiger partial charge in [-0.1, -0.05) is 0 Å². The van der Waals surface area contributed by atoms with Gasteiger partial charge < -0.3 is 10.0 Å². The van der Waals surface area contributed by atoms with E-state index in [9.17, 15) is 13.2 Å². The number of carboxylic acids is 1. The minimum atomic E-state index is -3.86. The quantitative estimate of drug-likeness (QED) is 0.777. The monoisotopic (exact) mass is 273 g/mol. The first-order valence-electron chi connectivity index (χ1n) is 5.12. The van der Waals surface area contributed by atoms with Crippen molar-refractivity contribution in [3.8, 4) is 0 Å². The van der Waals surface area contributed by atoms with Gasteiger partial charge in [-0.05, 0) is 19.1 Å². The van der Waals surface area contributed by atoms with Crippen molar-refractivity contribution in [1.82, 2.24) is 9.71 Å². The number of aromatic nitrogens is 1. The van der Waals surface area contributed by atoms with Crippen LogP contribution in [0.15, 0.2) is 23.2 Å². The molecule has 0 spiro atoms. The number of rotatable bonds is 5. The van der Waals surface area contributed by atoms with Gasteiger partial charge in [0.05, 0.1) is 0 Å². The van der Waals surface area contributed by atoms with Gasteiger partial charge in [0.1, 0.15) is 16.8 Å². The van der Waals surface area contributed by atoms with Crippen LogP contribution in [0.2, 0.25) is 0 Å². The van der Waals surface area contributed by atoms with E-state index in [1.165, 1.54) is 19.2 Å². The summed E-state index contributed by atoms with van der Waals surface area (Å²) >= 11 is 0. The fraction of sp³-hybridized carbons (Fsp3) is 0.400. The zero-order valence-electron chi connectivity index (χ0n) is 10.3. The average molecular weight is 273 g/mol. The maximum absolute atomic E-state index is 11.8. The molecule has 0 saturated heterocycles. The summed E-state index contributed by atoms with van der Waals surface area (Å²) in [5.41, 5.74) is 0. The molecule has 0 aliphatic rings. The normalized spacial score (nSPS) is 13.1. The first kappa shape index (κ1) is 14.4. The summed E-state index contributed by atoms with van der Waals surface area (Å²) in [6.07, 6.45) is 1.19. The van der Waals surface area contributed by atoms with E-state index in [0.717, 1.165) is 0 Å². The fourth-order valence-electron chi connectivity index (χ4n) is 1.15. The predicted molar refractivity (Wildman–Crippen MR) is 66.0 cm³/mol. The summed E-state index contributed by atoms with van der Waals surface area (Å²) in [5, 5.41) is 8.66. The molecule has 100 valence electrons. The molecule has 1 aromatic heterocycles. The Morgan fingerprint density at radius 1 is 1.44 bits per heavy atom. The molecule has 0 unspecified atom stereocenters. The third kappa shape index (κ3) is 3.41. The zero-order valence-corrected chi connectivity index (χ0v) is 11.1. The molecule has 1 heterocycles. The molecule has 0 fully saturated rings. The van der Waals surface area contributed by atoms with Crippen LogP contribution in [-0.4, -0.2) is 44.6 Å². The van der Waals surface area contributed by atoms with E-state index in [1.807, 2.05) is 4.72 Å². The molecular formula is C10H15N3O4S. The minimum Gasteiger partial charge on any atom is -0.480 e. The lowest BCUT2D eigenvalue weighted by atomic mass is 10.4. The van der Waals surface area contributed by atoms with Crippen LogP contribution in [0.4, 0.5) is 5.82 Å². The highest BCUT2D eigenvalue weighted by Gasteiger charge is 2.21. The van der Waals surface area contributed by atoms with Crippen LogP contribution in [0.25, 0.3) is 0 Å². The number of hydrogen-bond acceptors (Lipinski definition) is 5. The Labute approximate surface area is 106 Å². The molecule has 1 atom stereocenters. The molecule has 7 nitrogen and oxygen atoms in total. The summed E-state index contributed by atoms with van der Waals surface area (Å²) in [6.45, 7) is 1.25. The van der Waals surface area contributed by atoms with E-state index in [2.05, 4.69) is 4.98 Å². The molecule has 0 aliphatic heterocycles. The number of sulfonamides is 1. The van der Waals surface area contributed by atoms with Crippen molar-refractivity contribution in [3.63, 3.8) is 0 Å². The highest BCUT2D eigenvalue weighted by Crippen LogP contribution is 2.12. The lowest BCUT2D eigenvalue weighted by Crippen LogP contribution is -2.38. The van der Waals surface area contributed by atoms with Crippen LogP contribution in [0.1, 0.15) is 6.92 Å². The molecule has 0 bridgehead atoms. The fourth-order valence-corrected chi connectivity index (χ4v) is 2.29. The van der Waals surface area contributed by atoms with Gasteiger partial charge in [-0.15, -0.1) is 0 Å². The van der Waals surface area contributed by atoms with Crippen LogP contribution in [0.3, 0.4) is 0 Å². The summed E-state index contributed by atoms with van der Waals surface area (Å²) in [7, 11) is -0.301. The predicted octanol–water partition coefficient (Wildman–Crippen LogP) is -0.101. The molecule has 8 heteroatoms. The van der Waals surface area contributed by atoms with Crippen molar-refractivity contribution in [1.29, 1.82) is 0 Å². The smallest absolute Gasteiger partial charge is 0.321 e. The van der Waals surface area contributed by atoms with Crippen molar-refractivity contribution in [3.05, 3.63) is 18.3 Å². The van der Waals surface area contributed by atoms with Gasteiger partial charge in [0.2, 0.25) is 10.0 Å². The van der Waals surface area contributed by atoms with E-state index in [0.29, 0.717) is 5.82 Å². The first-order valence-corrected chi connectivity index (χ1v) is 6.61. The highest BCUT2D eigenvalue weighted by molar-refractivity contribution is 7.89. The molecule has 18 heavy (non-hydrogen) atoms. The number of pyridine rings is 1. The van der Waals surface area contributed by atoms with Gasteiger partial charge in [-0.3, -0.25) is 4.79 Å². The number of carboxylic acid groups (broad SMARTS) is 1. The Hall–Kier alpha value is -1.67. The van der Waals surface area contributed by atoms with Gasteiger partial charge in [-0.25, -0.2) is 13.4 Å². The third-order valence-electron chi connectivity index (χ3n) is 2.19. The first-order chi connectivity index (χ1) is 8.24.